The van der Waals surface area contributed by atoms with Crippen LogP contribution in [0.25, 0.3) is 0 Å². The minimum atomic E-state index is -4.38. The maximum atomic E-state index is 12.6. The van der Waals surface area contributed by atoms with E-state index < -0.39 is 32.5 Å². The van der Waals surface area contributed by atoms with Gasteiger partial charge in [-0.25, -0.2) is 4.57 Å². The van der Waals surface area contributed by atoms with Gasteiger partial charge in [-0.3, -0.25) is 18.6 Å². The highest BCUT2D eigenvalue weighted by atomic mass is 31.2. The predicted octanol–water partition coefficient (Wildman–Crippen LogP) is 12.9. The molecule has 55 heavy (non-hydrogen) atoms. The first-order valence-electron chi connectivity index (χ1n) is 22.5. The maximum Gasteiger partial charge on any atom is 0.472 e. The van der Waals surface area contributed by atoms with E-state index in [4.69, 9.17) is 24.3 Å². The lowest BCUT2D eigenvalue weighted by atomic mass is 10.1. The Hall–Kier alpha value is -1.77. The van der Waals surface area contributed by atoms with Gasteiger partial charge in [0.1, 0.15) is 6.61 Å². The SMILES string of the molecule is CCCCC/C=C\C/C=C\CCCCCCCC(=O)OC[C@H](COP(=O)(O)OCCN)OC(=O)CCCCCCCCCCC/C=C\CCCCCCCC. The number of carbonyl (C=O) groups excluding carboxylic acids is 2. The fourth-order valence-corrected chi connectivity index (χ4v) is 6.89. The second-order valence-electron chi connectivity index (χ2n) is 14.9. The summed E-state index contributed by atoms with van der Waals surface area (Å²) in [5, 5.41) is 0. The molecule has 9 nitrogen and oxygen atoms in total. The highest BCUT2D eigenvalue weighted by Crippen LogP contribution is 2.43. The van der Waals surface area contributed by atoms with Crippen molar-refractivity contribution in [3.63, 3.8) is 0 Å². The lowest BCUT2D eigenvalue weighted by molar-refractivity contribution is -0.161. The number of phosphoric acid groups is 1. The summed E-state index contributed by atoms with van der Waals surface area (Å²) >= 11 is 0. The number of ether oxygens (including phenoxy) is 2. The third kappa shape index (κ3) is 41.7. The molecular weight excluding hydrogens is 713 g/mol. The van der Waals surface area contributed by atoms with E-state index in [2.05, 4.69) is 50.3 Å². The Morgan fingerprint density at radius 2 is 0.945 bits per heavy atom. The van der Waals surface area contributed by atoms with Crippen molar-refractivity contribution in [1.29, 1.82) is 0 Å². The minimum Gasteiger partial charge on any atom is -0.462 e. The Morgan fingerprint density at radius 1 is 0.545 bits per heavy atom. The Morgan fingerprint density at radius 3 is 1.44 bits per heavy atom. The average molecular weight is 798 g/mol. The molecule has 0 rings (SSSR count). The zero-order valence-electron chi connectivity index (χ0n) is 35.4. The second kappa shape index (κ2) is 41.9. The first-order chi connectivity index (χ1) is 26.8. The van der Waals surface area contributed by atoms with Gasteiger partial charge in [-0.05, 0) is 70.6 Å². The fraction of sp³-hybridized carbons (Fsp3) is 0.822. The summed E-state index contributed by atoms with van der Waals surface area (Å²) < 4.78 is 32.8. The van der Waals surface area contributed by atoms with Gasteiger partial charge in [0, 0.05) is 19.4 Å². The van der Waals surface area contributed by atoms with Gasteiger partial charge in [0.15, 0.2) is 6.10 Å². The summed E-state index contributed by atoms with van der Waals surface area (Å²) in [7, 11) is -4.38. The molecule has 0 heterocycles. The lowest BCUT2D eigenvalue weighted by Gasteiger charge is -2.19. The number of nitrogens with two attached hydrogens (primary N) is 1. The predicted molar refractivity (Wildman–Crippen MR) is 229 cm³/mol. The zero-order valence-corrected chi connectivity index (χ0v) is 36.3. The third-order valence-electron chi connectivity index (χ3n) is 9.50. The van der Waals surface area contributed by atoms with Crippen LogP contribution >= 0.6 is 7.82 Å². The summed E-state index contributed by atoms with van der Waals surface area (Å²) in [6, 6.07) is 0. The number of rotatable bonds is 42. The molecule has 0 aromatic rings. The Labute approximate surface area is 337 Å². The highest BCUT2D eigenvalue weighted by molar-refractivity contribution is 7.47. The van der Waals surface area contributed by atoms with Crippen molar-refractivity contribution in [1.82, 2.24) is 0 Å². The number of hydrogen-bond donors (Lipinski definition) is 2. The third-order valence-corrected chi connectivity index (χ3v) is 10.5. The zero-order chi connectivity index (χ0) is 40.3. The quantitative estimate of drug-likeness (QED) is 0.0268. The number of esters is 2. The van der Waals surface area contributed by atoms with Crippen molar-refractivity contribution in [2.24, 2.45) is 5.73 Å². The number of carbonyl (C=O) groups is 2. The molecule has 1 unspecified atom stereocenters. The number of allylic oxidation sites excluding steroid dienone is 6. The smallest absolute Gasteiger partial charge is 0.462 e. The van der Waals surface area contributed by atoms with Gasteiger partial charge >= 0.3 is 19.8 Å². The molecule has 0 aliphatic heterocycles. The number of unbranched alkanes of at least 4 members (excludes halogenated alkanes) is 23. The van der Waals surface area contributed by atoms with Crippen LogP contribution in [0.5, 0.6) is 0 Å². The molecule has 0 aromatic carbocycles. The van der Waals surface area contributed by atoms with Gasteiger partial charge in [-0.1, -0.05) is 159 Å². The van der Waals surface area contributed by atoms with Gasteiger partial charge in [0.2, 0.25) is 0 Å². The maximum absolute atomic E-state index is 12.6. The fourth-order valence-electron chi connectivity index (χ4n) is 6.13. The monoisotopic (exact) mass is 798 g/mol. The van der Waals surface area contributed by atoms with E-state index in [0.29, 0.717) is 12.8 Å². The Kier molecular flexibility index (Phi) is 40.5. The van der Waals surface area contributed by atoms with E-state index in [1.807, 2.05) is 0 Å². The molecule has 0 aliphatic rings. The molecular formula is C45H84NO8P. The van der Waals surface area contributed by atoms with Gasteiger partial charge in [0.25, 0.3) is 0 Å². The molecule has 0 saturated carbocycles. The topological polar surface area (TPSA) is 134 Å². The van der Waals surface area contributed by atoms with Crippen LogP contribution in [-0.2, 0) is 32.7 Å². The van der Waals surface area contributed by atoms with Crippen LogP contribution < -0.4 is 5.73 Å². The van der Waals surface area contributed by atoms with Gasteiger partial charge in [-0.15, -0.1) is 0 Å². The van der Waals surface area contributed by atoms with Crippen molar-refractivity contribution < 1.29 is 37.6 Å². The van der Waals surface area contributed by atoms with Crippen molar-refractivity contribution in [2.45, 2.75) is 213 Å². The van der Waals surface area contributed by atoms with E-state index in [1.165, 1.54) is 109 Å². The van der Waals surface area contributed by atoms with Crippen LogP contribution in [0.15, 0.2) is 36.5 Å². The number of phosphoric ester groups is 1. The Bertz CT molecular complexity index is 1000. The normalized spacial score (nSPS) is 13.6. The van der Waals surface area contributed by atoms with Crippen LogP contribution in [0, 0.1) is 0 Å². The van der Waals surface area contributed by atoms with Crippen molar-refractivity contribution in [3.8, 4) is 0 Å². The Balaban J connectivity index is 4.14. The molecule has 0 amide bonds. The van der Waals surface area contributed by atoms with Crippen LogP contribution in [0.3, 0.4) is 0 Å². The largest absolute Gasteiger partial charge is 0.472 e. The molecule has 10 heteroatoms. The second-order valence-corrected chi connectivity index (χ2v) is 16.4. The molecule has 322 valence electrons. The molecule has 0 aliphatic carbocycles. The summed E-state index contributed by atoms with van der Waals surface area (Å²) in [4.78, 5) is 34.9. The van der Waals surface area contributed by atoms with Gasteiger partial charge in [-0.2, -0.15) is 0 Å². The summed E-state index contributed by atoms with van der Waals surface area (Å²) in [6.07, 6.45) is 46.0. The summed E-state index contributed by atoms with van der Waals surface area (Å²) in [5.74, 6) is -0.844. The number of hydrogen-bond acceptors (Lipinski definition) is 8. The van der Waals surface area contributed by atoms with Crippen LogP contribution in [0.2, 0.25) is 0 Å². The molecule has 0 radical (unpaired) electrons. The minimum absolute atomic E-state index is 0.0510. The molecule has 2 atom stereocenters. The van der Waals surface area contributed by atoms with E-state index in [9.17, 15) is 19.0 Å². The first-order valence-corrected chi connectivity index (χ1v) is 24.0. The first kappa shape index (κ1) is 53.2. The van der Waals surface area contributed by atoms with E-state index in [-0.39, 0.29) is 32.6 Å². The highest BCUT2D eigenvalue weighted by Gasteiger charge is 2.26. The molecule has 3 N–H and O–H groups in total. The standard InChI is InChI=1S/C45H84NO8P/c1-3-5-7-9-11-13-15-17-19-20-21-22-24-26-28-30-32-34-36-38-45(48)54-43(42-53-55(49,50)52-40-39-46)41-51-44(47)37-35-33-31-29-27-25-23-18-16-14-12-10-8-6-4-2/h12,14,17-19,23,43H,3-11,13,15-16,20-22,24-42,46H2,1-2H3,(H,49,50)/b14-12-,19-17-,23-18-/t43-/m1/s1. The molecule has 0 saturated heterocycles. The van der Waals surface area contributed by atoms with Crippen molar-refractivity contribution in [2.75, 3.05) is 26.4 Å². The van der Waals surface area contributed by atoms with Crippen LogP contribution in [0.1, 0.15) is 206 Å². The molecule has 0 bridgehead atoms. The lowest BCUT2D eigenvalue weighted by Crippen LogP contribution is -2.29. The summed E-state index contributed by atoms with van der Waals surface area (Å²) in [5.41, 5.74) is 5.35. The molecule has 0 fully saturated rings. The van der Waals surface area contributed by atoms with Crippen molar-refractivity contribution in [3.05, 3.63) is 36.5 Å². The van der Waals surface area contributed by atoms with Gasteiger partial charge < -0.3 is 20.1 Å². The average Bonchev–Trinajstić information content (AvgIpc) is 3.17. The summed E-state index contributed by atoms with van der Waals surface area (Å²) in [6.45, 7) is 3.70. The molecule has 0 spiro atoms. The van der Waals surface area contributed by atoms with Crippen LogP contribution in [0.4, 0.5) is 0 Å². The van der Waals surface area contributed by atoms with E-state index in [0.717, 1.165) is 57.8 Å². The van der Waals surface area contributed by atoms with Crippen molar-refractivity contribution >= 4 is 19.8 Å². The van der Waals surface area contributed by atoms with E-state index in [1.54, 1.807) is 0 Å². The molecule has 0 aromatic heterocycles. The van der Waals surface area contributed by atoms with Gasteiger partial charge in [0.05, 0.1) is 13.2 Å². The van der Waals surface area contributed by atoms with Crippen LogP contribution in [-0.4, -0.2) is 49.3 Å². The van der Waals surface area contributed by atoms with E-state index >= 15 is 0 Å².